The third-order valence-electron chi connectivity index (χ3n) is 2.92. The van der Waals surface area contributed by atoms with Crippen LogP contribution in [0.5, 0.6) is 0 Å². The van der Waals surface area contributed by atoms with Crippen LogP contribution >= 0.6 is 15.2 Å². The van der Waals surface area contributed by atoms with Crippen LogP contribution in [0.4, 0.5) is 11.4 Å². The predicted octanol–water partition coefficient (Wildman–Crippen LogP) is 2.15. The smallest absolute Gasteiger partial charge is 0.298 e. The first-order valence-corrected chi connectivity index (χ1v) is 10.4. The molecule has 0 aromatic heterocycles. The molecule has 23 heavy (non-hydrogen) atoms. The topological polar surface area (TPSA) is 162 Å². The molecular formula is C13H20N6O2P2. The Morgan fingerprint density at radius 3 is 1.22 bits per heavy atom. The van der Waals surface area contributed by atoms with Crippen molar-refractivity contribution in [2.45, 2.75) is 6.42 Å². The van der Waals surface area contributed by atoms with E-state index in [4.69, 9.17) is 22.0 Å². The molecule has 10 N–H and O–H groups in total. The first-order chi connectivity index (χ1) is 10.6. The molecule has 0 aliphatic heterocycles. The number of rotatable bonds is 6. The lowest BCUT2D eigenvalue weighted by molar-refractivity contribution is 0.579. The van der Waals surface area contributed by atoms with Crippen LogP contribution in [0, 0.1) is 0 Å². The zero-order chi connectivity index (χ0) is 17.1. The molecule has 2 aromatic carbocycles. The molecule has 0 amide bonds. The summed E-state index contributed by atoms with van der Waals surface area (Å²) in [7, 11) is -6.58. The highest BCUT2D eigenvalue weighted by Crippen LogP contribution is 2.29. The monoisotopic (exact) mass is 354 g/mol. The van der Waals surface area contributed by atoms with Crippen molar-refractivity contribution in [1.82, 2.24) is 0 Å². The van der Waals surface area contributed by atoms with E-state index in [9.17, 15) is 9.13 Å². The lowest BCUT2D eigenvalue weighted by Gasteiger charge is -2.12. The van der Waals surface area contributed by atoms with Gasteiger partial charge >= 0.3 is 0 Å². The summed E-state index contributed by atoms with van der Waals surface area (Å²) >= 11 is 0. The lowest BCUT2D eigenvalue weighted by Crippen LogP contribution is -2.13. The third kappa shape index (κ3) is 6.54. The molecule has 0 bridgehead atoms. The Labute approximate surface area is 134 Å². The molecular weight excluding hydrogens is 334 g/mol. The van der Waals surface area contributed by atoms with Gasteiger partial charge in [0.2, 0.25) is 0 Å². The van der Waals surface area contributed by atoms with Crippen LogP contribution in [0.1, 0.15) is 11.1 Å². The minimum Gasteiger partial charge on any atom is -0.313 e. The van der Waals surface area contributed by atoms with Gasteiger partial charge in [-0.05, 0) is 41.8 Å². The minimum atomic E-state index is -3.29. The summed E-state index contributed by atoms with van der Waals surface area (Å²) in [4.78, 5) is 0. The zero-order valence-electron chi connectivity index (χ0n) is 12.3. The van der Waals surface area contributed by atoms with E-state index in [0.717, 1.165) is 11.1 Å². The Balaban J connectivity index is 2.02. The van der Waals surface area contributed by atoms with Gasteiger partial charge in [-0.1, -0.05) is 24.3 Å². The summed E-state index contributed by atoms with van der Waals surface area (Å²) in [5, 5.41) is 5.11. The summed E-state index contributed by atoms with van der Waals surface area (Å²) in [6, 6.07) is 14.6. The number of nitrogens with one attached hydrogen (secondary N) is 2. The minimum absolute atomic E-state index is 0.600. The molecule has 0 heterocycles. The summed E-state index contributed by atoms with van der Waals surface area (Å²) in [6.45, 7) is 0. The fraction of sp³-hybridized carbons (Fsp3) is 0.0769. The van der Waals surface area contributed by atoms with E-state index in [1.165, 1.54) is 0 Å². The second kappa shape index (κ2) is 6.84. The van der Waals surface area contributed by atoms with Crippen LogP contribution in [0.2, 0.25) is 0 Å². The first kappa shape index (κ1) is 17.7. The lowest BCUT2D eigenvalue weighted by atomic mass is 10.0. The average molecular weight is 354 g/mol. The highest BCUT2D eigenvalue weighted by molar-refractivity contribution is 7.60. The normalized spacial score (nSPS) is 12.0. The van der Waals surface area contributed by atoms with Gasteiger partial charge in [-0.3, -0.25) is 31.1 Å². The highest BCUT2D eigenvalue weighted by atomic mass is 31.2. The Morgan fingerprint density at radius 2 is 0.957 bits per heavy atom. The van der Waals surface area contributed by atoms with Crippen LogP contribution in [0.25, 0.3) is 0 Å². The molecule has 0 aliphatic carbocycles. The fourth-order valence-electron chi connectivity index (χ4n) is 2.03. The average Bonchev–Trinajstić information content (AvgIpc) is 2.40. The van der Waals surface area contributed by atoms with E-state index < -0.39 is 15.2 Å². The van der Waals surface area contributed by atoms with Crippen LogP contribution in [-0.4, -0.2) is 0 Å². The van der Waals surface area contributed by atoms with Gasteiger partial charge < -0.3 is 10.2 Å². The second-order valence-electron chi connectivity index (χ2n) is 5.21. The summed E-state index contributed by atoms with van der Waals surface area (Å²) in [6.07, 6.45) is 0.701. The van der Waals surface area contributed by atoms with E-state index >= 15 is 0 Å². The summed E-state index contributed by atoms with van der Waals surface area (Å²) in [5.41, 5.74) is 24.4. The maximum absolute atomic E-state index is 11.3. The molecule has 0 aliphatic rings. The molecule has 0 saturated heterocycles. The Morgan fingerprint density at radius 1 is 0.652 bits per heavy atom. The van der Waals surface area contributed by atoms with Gasteiger partial charge in [0.1, 0.15) is 0 Å². The Bertz CT molecular complexity index is 686. The molecule has 0 unspecified atom stereocenters. The molecule has 0 radical (unpaired) electrons. The maximum atomic E-state index is 11.3. The molecule has 0 spiro atoms. The van der Waals surface area contributed by atoms with Crippen molar-refractivity contribution in [3.05, 3.63) is 59.7 Å². The number of nitrogens with two attached hydrogens (primary N) is 4. The van der Waals surface area contributed by atoms with Crippen molar-refractivity contribution < 1.29 is 9.13 Å². The van der Waals surface area contributed by atoms with Gasteiger partial charge in [0.05, 0.1) is 0 Å². The molecule has 0 fully saturated rings. The van der Waals surface area contributed by atoms with Crippen molar-refractivity contribution in [3.63, 3.8) is 0 Å². The Kier molecular flexibility index (Phi) is 5.26. The van der Waals surface area contributed by atoms with Crippen LogP contribution in [0.3, 0.4) is 0 Å². The quantitative estimate of drug-likeness (QED) is 0.430. The molecule has 124 valence electrons. The third-order valence-corrected chi connectivity index (χ3v) is 4.14. The van der Waals surface area contributed by atoms with Gasteiger partial charge in [0.25, 0.3) is 15.2 Å². The predicted molar refractivity (Wildman–Crippen MR) is 94.9 cm³/mol. The molecule has 10 heteroatoms. The zero-order valence-corrected chi connectivity index (χ0v) is 14.1. The van der Waals surface area contributed by atoms with Gasteiger partial charge in [-0.2, -0.15) is 0 Å². The molecule has 2 aromatic rings. The van der Waals surface area contributed by atoms with Crippen molar-refractivity contribution >= 4 is 26.6 Å². The molecule has 0 saturated carbocycles. The van der Waals surface area contributed by atoms with Gasteiger partial charge in [0, 0.05) is 11.4 Å². The Hall–Kier alpha value is -1.66. The van der Waals surface area contributed by atoms with E-state index in [2.05, 4.69) is 10.2 Å². The number of hydrogen-bond donors (Lipinski definition) is 6. The molecule has 8 nitrogen and oxygen atoms in total. The number of benzene rings is 2. The highest BCUT2D eigenvalue weighted by Gasteiger charge is 2.08. The van der Waals surface area contributed by atoms with Gasteiger partial charge in [-0.25, -0.2) is 0 Å². The van der Waals surface area contributed by atoms with Crippen molar-refractivity contribution in [1.29, 1.82) is 0 Å². The number of hydrogen-bond acceptors (Lipinski definition) is 2. The maximum Gasteiger partial charge on any atom is 0.298 e. The van der Waals surface area contributed by atoms with E-state index in [-0.39, 0.29) is 0 Å². The molecule has 0 atom stereocenters. The summed E-state index contributed by atoms with van der Waals surface area (Å²) < 4.78 is 22.6. The molecule has 2 rings (SSSR count). The van der Waals surface area contributed by atoms with Crippen LogP contribution < -0.4 is 32.2 Å². The van der Waals surface area contributed by atoms with E-state index in [1.54, 1.807) is 24.3 Å². The first-order valence-electron chi connectivity index (χ1n) is 6.69. The summed E-state index contributed by atoms with van der Waals surface area (Å²) in [5.74, 6) is 0. The van der Waals surface area contributed by atoms with Crippen LogP contribution in [0.15, 0.2) is 48.5 Å². The standard InChI is InChI=1S/C13H20N6O2P2/c14-22(15,20)18-12-5-1-10(2-6-12)9-11-3-7-13(8-4-11)19-23(16,17)21/h1-8H,9H2,(H5,14,15,18,20)(H5,16,17,19,21). The van der Waals surface area contributed by atoms with Gasteiger partial charge in [0.15, 0.2) is 0 Å². The van der Waals surface area contributed by atoms with Crippen molar-refractivity contribution in [3.8, 4) is 0 Å². The van der Waals surface area contributed by atoms with E-state index in [1.807, 2.05) is 24.3 Å². The van der Waals surface area contributed by atoms with Gasteiger partial charge in [-0.15, -0.1) is 0 Å². The fourth-order valence-corrected chi connectivity index (χ4v) is 3.14. The SMILES string of the molecule is NP(N)(=O)Nc1ccc(Cc2ccc(NP(N)(N)=O)cc2)cc1. The largest absolute Gasteiger partial charge is 0.313 e. The van der Waals surface area contributed by atoms with E-state index in [0.29, 0.717) is 17.8 Å². The second-order valence-corrected chi connectivity index (χ2v) is 8.50. The van der Waals surface area contributed by atoms with Crippen LogP contribution in [-0.2, 0) is 15.6 Å². The number of anilines is 2. The van der Waals surface area contributed by atoms with Crippen molar-refractivity contribution in [2.75, 3.05) is 10.2 Å². The van der Waals surface area contributed by atoms with Crippen molar-refractivity contribution in [2.24, 2.45) is 22.0 Å².